The normalized spacial score (nSPS) is 12.9. The van der Waals surface area contributed by atoms with Crippen molar-refractivity contribution in [3.05, 3.63) is 32.0 Å². The molecule has 11 heteroatoms. The van der Waals surface area contributed by atoms with Gasteiger partial charge < -0.3 is 25.3 Å². The minimum absolute atomic E-state index is 0.0226. The van der Waals surface area contributed by atoms with Crippen LogP contribution in [0.4, 0.5) is 10.0 Å². The van der Waals surface area contributed by atoms with E-state index < -0.39 is 24.5 Å². The molecular weight excluding hydrogens is 444 g/mol. The molecule has 0 bridgehead atoms. The Morgan fingerprint density at radius 2 is 1.65 bits per heavy atom. The van der Waals surface area contributed by atoms with Crippen molar-refractivity contribution in [1.29, 1.82) is 0 Å². The third-order valence-corrected chi connectivity index (χ3v) is 7.08. The van der Waals surface area contributed by atoms with E-state index in [1.54, 1.807) is 6.92 Å². The van der Waals surface area contributed by atoms with Gasteiger partial charge in [-0.05, 0) is 32.3 Å². The summed E-state index contributed by atoms with van der Waals surface area (Å²) < 4.78 is 14.9. The number of thiophene rings is 2. The Morgan fingerprint density at radius 1 is 1.00 bits per heavy atom. The molecule has 2 heterocycles. The second-order valence-electron chi connectivity index (χ2n) is 6.96. The molecule has 9 nitrogen and oxygen atoms in total. The quantitative estimate of drug-likeness (QED) is 0.469. The fourth-order valence-corrected chi connectivity index (χ4v) is 4.97. The van der Waals surface area contributed by atoms with E-state index >= 15 is 0 Å². The van der Waals surface area contributed by atoms with Crippen LogP contribution in [0.2, 0.25) is 0 Å². The van der Waals surface area contributed by atoms with Crippen LogP contribution in [0.5, 0.6) is 0 Å². The van der Waals surface area contributed by atoms with Crippen molar-refractivity contribution in [2.45, 2.75) is 33.3 Å². The number of methoxy groups -OCH3 is 2. The zero-order chi connectivity index (χ0) is 22.9. The molecule has 1 aliphatic carbocycles. The van der Waals surface area contributed by atoms with Crippen LogP contribution in [0.15, 0.2) is 0 Å². The van der Waals surface area contributed by atoms with Crippen LogP contribution >= 0.6 is 22.7 Å². The first kappa shape index (κ1) is 22.8. The number of ether oxygens (including phenoxy) is 3. The lowest BCUT2D eigenvalue weighted by Gasteiger charge is -2.10. The largest absolute Gasteiger partial charge is 0.465 e. The number of esters is 3. The number of nitrogens with two attached hydrogens (primary N) is 1. The van der Waals surface area contributed by atoms with Crippen LogP contribution in [0.1, 0.15) is 59.2 Å². The summed E-state index contributed by atoms with van der Waals surface area (Å²) in [4.78, 5) is 50.3. The SMILES string of the molecule is COC(=O)c1sc(N)c(C(=O)OC)c1COC(=O)c1c(NC(=O)C2CC2)sc(C)c1C. The topological polar surface area (TPSA) is 134 Å². The molecule has 0 unspecified atom stereocenters. The fraction of sp³-hybridized carbons (Fsp3) is 0.400. The second-order valence-corrected chi connectivity index (χ2v) is 9.24. The van der Waals surface area contributed by atoms with E-state index in [4.69, 9.17) is 19.9 Å². The predicted molar refractivity (Wildman–Crippen MR) is 116 cm³/mol. The van der Waals surface area contributed by atoms with Crippen LogP contribution in [-0.2, 0) is 25.6 Å². The minimum Gasteiger partial charge on any atom is -0.465 e. The maximum absolute atomic E-state index is 12.9. The molecule has 1 aliphatic rings. The van der Waals surface area contributed by atoms with Gasteiger partial charge in [-0.2, -0.15) is 0 Å². The van der Waals surface area contributed by atoms with Crippen LogP contribution < -0.4 is 11.1 Å². The van der Waals surface area contributed by atoms with E-state index in [2.05, 4.69) is 5.32 Å². The molecule has 3 rings (SSSR count). The van der Waals surface area contributed by atoms with Gasteiger partial charge in [-0.1, -0.05) is 0 Å². The Balaban J connectivity index is 1.88. The number of amides is 1. The second kappa shape index (κ2) is 9.06. The first-order valence-corrected chi connectivity index (χ1v) is 11.0. The average Bonchev–Trinajstić information content (AvgIpc) is 3.49. The highest BCUT2D eigenvalue weighted by Gasteiger charge is 2.32. The number of hydrogen-bond acceptors (Lipinski definition) is 10. The van der Waals surface area contributed by atoms with Gasteiger partial charge in [-0.3, -0.25) is 4.79 Å². The Morgan fingerprint density at radius 3 is 2.23 bits per heavy atom. The lowest BCUT2D eigenvalue weighted by Crippen LogP contribution is -2.17. The first-order valence-electron chi connectivity index (χ1n) is 9.35. The van der Waals surface area contributed by atoms with E-state index in [0.717, 1.165) is 29.1 Å². The van der Waals surface area contributed by atoms with E-state index in [-0.39, 0.29) is 38.4 Å². The average molecular weight is 467 g/mol. The molecule has 2 aromatic heterocycles. The smallest absolute Gasteiger partial charge is 0.348 e. The summed E-state index contributed by atoms with van der Waals surface area (Å²) in [6.07, 6.45) is 1.67. The summed E-state index contributed by atoms with van der Waals surface area (Å²) in [5.41, 5.74) is 6.90. The highest BCUT2D eigenvalue weighted by molar-refractivity contribution is 7.18. The van der Waals surface area contributed by atoms with Crippen molar-refractivity contribution in [1.82, 2.24) is 0 Å². The Kier molecular flexibility index (Phi) is 6.65. The van der Waals surface area contributed by atoms with Crippen molar-refractivity contribution < 1.29 is 33.4 Å². The van der Waals surface area contributed by atoms with Crippen molar-refractivity contribution in [3.8, 4) is 0 Å². The molecule has 1 amide bonds. The minimum atomic E-state index is -0.755. The summed E-state index contributed by atoms with van der Waals surface area (Å²) in [6.45, 7) is 3.21. The Bertz CT molecular complexity index is 1070. The van der Waals surface area contributed by atoms with Crippen LogP contribution in [-0.4, -0.2) is 38.0 Å². The molecule has 0 spiro atoms. The number of anilines is 2. The molecule has 3 N–H and O–H groups in total. The monoisotopic (exact) mass is 466 g/mol. The number of hydrogen-bond donors (Lipinski definition) is 2. The van der Waals surface area contributed by atoms with Gasteiger partial charge in [0.1, 0.15) is 27.0 Å². The molecule has 166 valence electrons. The lowest BCUT2D eigenvalue weighted by atomic mass is 10.1. The van der Waals surface area contributed by atoms with Gasteiger partial charge in [-0.15, -0.1) is 22.7 Å². The summed E-state index contributed by atoms with van der Waals surface area (Å²) in [5, 5.41) is 3.28. The van der Waals surface area contributed by atoms with Gasteiger partial charge in [0.25, 0.3) is 0 Å². The van der Waals surface area contributed by atoms with Gasteiger partial charge in [0.2, 0.25) is 5.91 Å². The number of carbonyl (C=O) groups is 4. The van der Waals surface area contributed by atoms with Crippen LogP contribution in [0.25, 0.3) is 0 Å². The summed E-state index contributed by atoms with van der Waals surface area (Å²) >= 11 is 2.14. The first-order chi connectivity index (χ1) is 14.7. The number of aryl methyl sites for hydroxylation is 1. The van der Waals surface area contributed by atoms with E-state index in [1.807, 2.05) is 6.92 Å². The fourth-order valence-electron chi connectivity index (χ4n) is 2.94. The molecule has 0 aliphatic heterocycles. The van der Waals surface area contributed by atoms with Gasteiger partial charge in [0, 0.05) is 16.4 Å². The Hall–Kier alpha value is -2.92. The number of carbonyl (C=O) groups excluding carboxylic acids is 4. The van der Waals surface area contributed by atoms with Crippen molar-refractivity contribution in [2.75, 3.05) is 25.3 Å². The molecule has 1 fully saturated rings. The third-order valence-electron chi connectivity index (χ3n) is 4.92. The summed E-state index contributed by atoms with van der Waals surface area (Å²) in [7, 11) is 2.37. The van der Waals surface area contributed by atoms with E-state index in [1.165, 1.54) is 25.6 Å². The maximum Gasteiger partial charge on any atom is 0.348 e. The zero-order valence-corrected chi connectivity index (χ0v) is 19.1. The van der Waals surface area contributed by atoms with Gasteiger partial charge in [-0.25, -0.2) is 14.4 Å². The molecule has 1 saturated carbocycles. The lowest BCUT2D eigenvalue weighted by molar-refractivity contribution is -0.117. The van der Waals surface area contributed by atoms with E-state index in [9.17, 15) is 19.2 Å². The number of rotatable bonds is 7. The summed E-state index contributed by atoms with van der Waals surface area (Å²) in [6, 6.07) is 0. The van der Waals surface area contributed by atoms with Crippen molar-refractivity contribution in [2.24, 2.45) is 5.92 Å². The molecule has 0 saturated heterocycles. The van der Waals surface area contributed by atoms with Crippen LogP contribution in [0.3, 0.4) is 0 Å². The van der Waals surface area contributed by atoms with E-state index in [0.29, 0.717) is 10.6 Å². The third kappa shape index (κ3) is 4.57. The predicted octanol–water partition coefficient (Wildman–Crippen LogP) is 3.29. The van der Waals surface area contributed by atoms with Crippen molar-refractivity contribution in [3.63, 3.8) is 0 Å². The maximum atomic E-state index is 12.9. The molecule has 31 heavy (non-hydrogen) atoms. The zero-order valence-electron chi connectivity index (χ0n) is 17.5. The van der Waals surface area contributed by atoms with Crippen molar-refractivity contribution >= 4 is 56.5 Å². The Labute approximate surface area is 186 Å². The number of nitrogen functional groups attached to an aromatic ring is 1. The van der Waals surface area contributed by atoms with Gasteiger partial charge in [0.15, 0.2) is 0 Å². The molecule has 2 aromatic rings. The standard InChI is InChI=1S/C20H22N2O7S2/c1-8-9(2)30-17(22-16(23)10-5-6-10)12(8)19(25)29-7-11-13(18(24)27-3)15(21)31-14(11)20(26)28-4/h10H,5-7,21H2,1-4H3,(H,22,23). The van der Waals surface area contributed by atoms with Gasteiger partial charge in [0.05, 0.1) is 19.8 Å². The summed E-state index contributed by atoms with van der Waals surface area (Å²) in [5.74, 6) is -2.30. The van der Waals surface area contributed by atoms with Gasteiger partial charge >= 0.3 is 17.9 Å². The molecule has 0 aromatic carbocycles. The highest BCUT2D eigenvalue weighted by Crippen LogP contribution is 2.37. The molecule has 0 radical (unpaired) electrons. The van der Waals surface area contributed by atoms with Crippen LogP contribution in [0, 0.1) is 19.8 Å². The highest BCUT2D eigenvalue weighted by atomic mass is 32.1. The molecular formula is C20H22N2O7S2. The molecule has 0 atom stereocenters. The number of nitrogens with one attached hydrogen (secondary N) is 1.